The number of aliphatic hydroxyl groups excluding tert-OH is 2. The number of aliphatic hydroxyl groups is 2. The standard InChI is InChI=1S/C9H17NO4S/c11-8-5-10(6-9(8)12)15(13,14)7-3-1-2-4-7/h7-9,11-12H,1-6H2. The molecule has 2 atom stereocenters. The summed E-state index contributed by atoms with van der Waals surface area (Å²) < 4.78 is 25.3. The lowest BCUT2D eigenvalue weighted by Crippen LogP contribution is -2.36. The van der Waals surface area contributed by atoms with Crippen molar-refractivity contribution in [1.82, 2.24) is 4.31 Å². The lowest BCUT2D eigenvalue weighted by atomic mass is 10.3. The Labute approximate surface area is 89.8 Å². The molecule has 2 rings (SSSR count). The van der Waals surface area contributed by atoms with Crippen molar-refractivity contribution in [3.63, 3.8) is 0 Å². The molecule has 1 saturated carbocycles. The Kier molecular flexibility index (Phi) is 3.03. The Hall–Kier alpha value is -0.170. The minimum atomic E-state index is -3.29. The molecule has 6 heteroatoms. The topological polar surface area (TPSA) is 77.8 Å². The van der Waals surface area contributed by atoms with E-state index in [1.807, 2.05) is 0 Å². The maximum atomic E-state index is 12.0. The molecule has 0 amide bonds. The summed E-state index contributed by atoms with van der Waals surface area (Å²) in [6, 6.07) is 0. The van der Waals surface area contributed by atoms with Gasteiger partial charge in [0.15, 0.2) is 0 Å². The molecule has 0 aromatic heterocycles. The van der Waals surface area contributed by atoms with Gasteiger partial charge in [0.2, 0.25) is 10.0 Å². The van der Waals surface area contributed by atoms with Gasteiger partial charge in [-0.1, -0.05) is 12.8 Å². The fourth-order valence-corrected chi connectivity index (χ4v) is 4.41. The van der Waals surface area contributed by atoms with Gasteiger partial charge in [0, 0.05) is 13.1 Å². The molecule has 1 aliphatic carbocycles. The van der Waals surface area contributed by atoms with Crippen LogP contribution >= 0.6 is 0 Å². The van der Waals surface area contributed by atoms with Crippen LogP contribution in [0.5, 0.6) is 0 Å². The summed E-state index contributed by atoms with van der Waals surface area (Å²) in [4.78, 5) is 0. The van der Waals surface area contributed by atoms with Gasteiger partial charge >= 0.3 is 0 Å². The SMILES string of the molecule is O=S(=O)(C1CCCC1)N1CC(O)C(O)C1. The number of nitrogens with zero attached hydrogens (tertiary/aromatic N) is 1. The molecule has 2 unspecified atom stereocenters. The van der Waals surface area contributed by atoms with Crippen LogP contribution in [0, 0.1) is 0 Å². The summed E-state index contributed by atoms with van der Waals surface area (Å²) >= 11 is 0. The van der Waals surface area contributed by atoms with Crippen LogP contribution in [0.25, 0.3) is 0 Å². The molecular weight excluding hydrogens is 218 g/mol. The minimum absolute atomic E-state index is 0.0417. The largest absolute Gasteiger partial charge is 0.389 e. The van der Waals surface area contributed by atoms with Gasteiger partial charge in [-0.05, 0) is 12.8 Å². The molecule has 2 aliphatic rings. The van der Waals surface area contributed by atoms with Crippen LogP contribution in [-0.2, 0) is 10.0 Å². The zero-order valence-corrected chi connectivity index (χ0v) is 9.36. The summed E-state index contributed by atoms with van der Waals surface area (Å²) in [5, 5.41) is 18.3. The van der Waals surface area contributed by atoms with Gasteiger partial charge < -0.3 is 10.2 Å². The van der Waals surface area contributed by atoms with Gasteiger partial charge in [0.05, 0.1) is 17.5 Å². The molecule has 0 aromatic rings. The molecule has 0 aromatic carbocycles. The molecule has 1 aliphatic heterocycles. The fraction of sp³-hybridized carbons (Fsp3) is 1.00. The van der Waals surface area contributed by atoms with E-state index < -0.39 is 22.2 Å². The smallest absolute Gasteiger partial charge is 0.217 e. The van der Waals surface area contributed by atoms with E-state index >= 15 is 0 Å². The summed E-state index contributed by atoms with van der Waals surface area (Å²) in [5.41, 5.74) is 0. The lowest BCUT2D eigenvalue weighted by molar-refractivity contribution is 0.0572. The highest BCUT2D eigenvalue weighted by Gasteiger charge is 2.41. The van der Waals surface area contributed by atoms with Crippen LogP contribution in [0.1, 0.15) is 25.7 Å². The maximum absolute atomic E-state index is 12.0. The van der Waals surface area contributed by atoms with E-state index in [9.17, 15) is 18.6 Å². The second-order valence-electron chi connectivity index (χ2n) is 4.40. The fourth-order valence-electron chi connectivity index (χ4n) is 2.34. The summed E-state index contributed by atoms with van der Waals surface area (Å²) in [7, 11) is -3.29. The van der Waals surface area contributed by atoms with Crippen LogP contribution in [0.3, 0.4) is 0 Å². The van der Waals surface area contributed by atoms with Crippen molar-refractivity contribution in [1.29, 1.82) is 0 Å². The van der Waals surface area contributed by atoms with E-state index in [0.717, 1.165) is 12.8 Å². The first-order valence-corrected chi connectivity index (χ1v) is 6.87. The molecule has 5 nitrogen and oxygen atoms in total. The highest BCUT2D eigenvalue weighted by molar-refractivity contribution is 7.89. The van der Waals surface area contributed by atoms with E-state index in [-0.39, 0.29) is 18.3 Å². The molecular formula is C9H17NO4S. The summed E-state index contributed by atoms with van der Waals surface area (Å²) in [5.74, 6) is 0. The van der Waals surface area contributed by atoms with Crippen LogP contribution in [-0.4, -0.2) is 53.5 Å². The zero-order chi connectivity index (χ0) is 11.1. The van der Waals surface area contributed by atoms with Crippen molar-refractivity contribution >= 4 is 10.0 Å². The molecule has 88 valence electrons. The molecule has 1 heterocycles. The average Bonchev–Trinajstić information content (AvgIpc) is 2.77. The monoisotopic (exact) mass is 235 g/mol. The molecule has 1 saturated heterocycles. The number of sulfonamides is 1. The van der Waals surface area contributed by atoms with Gasteiger partial charge in [-0.25, -0.2) is 8.42 Å². The first kappa shape index (κ1) is 11.3. The van der Waals surface area contributed by atoms with E-state index in [4.69, 9.17) is 0 Å². The van der Waals surface area contributed by atoms with Crippen molar-refractivity contribution in [2.24, 2.45) is 0 Å². The van der Waals surface area contributed by atoms with Gasteiger partial charge in [-0.3, -0.25) is 0 Å². The highest BCUT2D eigenvalue weighted by Crippen LogP contribution is 2.29. The van der Waals surface area contributed by atoms with E-state index in [1.54, 1.807) is 0 Å². The molecule has 0 spiro atoms. The second kappa shape index (κ2) is 4.01. The molecule has 0 bridgehead atoms. The second-order valence-corrected chi connectivity index (χ2v) is 6.62. The highest BCUT2D eigenvalue weighted by atomic mass is 32.2. The predicted molar refractivity (Wildman–Crippen MR) is 54.8 cm³/mol. The van der Waals surface area contributed by atoms with Gasteiger partial charge in [0.25, 0.3) is 0 Å². The number of β-amino-alcohol motifs (C(OH)–C–C–N with tert-alkyl or cyclic N) is 2. The van der Waals surface area contributed by atoms with E-state index in [1.165, 1.54) is 4.31 Å². The molecule has 0 radical (unpaired) electrons. The first-order valence-electron chi connectivity index (χ1n) is 5.37. The Morgan fingerprint density at radius 1 is 1.00 bits per heavy atom. The van der Waals surface area contributed by atoms with Crippen molar-refractivity contribution in [2.45, 2.75) is 43.1 Å². The number of hydrogen-bond donors (Lipinski definition) is 2. The lowest BCUT2D eigenvalue weighted by Gasteiger charge is -2.20. The number of hydrogen-bond acceptors (Lipinski definition) is 4. The van der Waals surface area contributed by atoms with E-state index in [2.05, 4.69) is 0 Å². The third-order valence-corrected chi connectivity index (χ3v) is 5.64. The predicted octanol–water partition coefficient (Wildman–Crippen LogP) is -0.704. The third-order valence-electron chi connectivity index (χ3n) is 3.31. The molecule has 2 N–H and O–H groups in total. The summed E-state index contributed by atoms with van der Waals surface area (Å²) in [6.07, 6.45) is 1.49. The van der Waals surface area contributed by atoms with Crippen molar-refractivity contribution in [2.75, 3.05) is 13.1 Å². The van der Waals surface area contributed by atoms with Crippen molar-refractivity contribution in [3.8, 4) is 0 Å². The van der Waals surface area contributed by atoms with Crippen LogP contribution in [0.4, 0.5) is 0 Å². The van der Waals surface area contributed by atoms with Gasteiger partial charge in [-0.2, -0.15) is 4.31 Å². The van der Waals surface area contributed by atoms with Gasteiger partial charge in [-0.15, -0.1) is 0 Å². The zero-order valence-electron chi connectivity index (χ0n) is 8.54. The minimum Gasteiger partial charge on any atom is -0.389 e. The van der Waals surface area contributed by atoms with E-state index in [0.29, 0.717) is 12.8 Å². The molecule has 2 fully saturated rings. The Morgan fingerprint density at radius 2 is 1.47 bits per heavy atom. The van der Waals surface area contributed by atoms with Crippen molar-refractivity contribution < 1.29 is 18.6 Å². The Bertz CT molecular complexity index is 313. The first-order chi connectivity index (χ1) is 7.01. The van der Waals surface area contributed by atoms with Crippen LogP contribution < -0.4 is 0 Å². The molecule has 15 heavy (non-hydrogen) atoms. The number of rotatable bonds is 2. The third kappa shape index (κ3) is 2.04. The summed E-state index contributed by atoms with van der Waals surface area (Å²) in [6.45, 7) is 0.0833. The normalized spacial score (nSPS) is 35.1. The van der Waals surface area contributed by atoms with Crippen LogP contribution in [0.2, 0.25) is 0 Å². The average molecular weight is 235 g/mol. The van der Waals surface area contributed by atoms with Crippen LogP contribution in [0.15, 0.2) is 0 Å². The quantitative estimate of drug-likeness (QED) is 0.663. The Balaban J connectivity index is 2.09. The van der Waals surface area contributed by atoms with Crippen molar-refractivity contribution in [3.05, 3.63) is 0 Å². The maximum Gasteiger partial charge on any atom is 0.217 e. The van der Waals surface area contributed by atoms with Gasteiger partial charge in [0.1, 0.15) is 0 Å². The Morgan fingerprint density at radius 3 is 1.93 bits per heavy atom.